The Bertz CT molecular complexity index is 1320. The van der Waals surface area contributed by atoms with E-state index >= 15 is 0 Å². The van der Waals surface area contributed by atoms with Crippen LogP contribution in [-0.4, -0.2) is 58.0 Å². The van der Waals surface area contributed by atoms with Gasteiger partial charge in [0.05, 0.1) is 23.7 Å². The number of nitrogens with one attached hydrogen (secondary N) is 1. The molecule has 0 atom stereocenters. The zero-order valence-corrected chi connectivity index (χ0v) is 21.3. The van der Waals surface area contributed by atoms with Crippen LogP contribution in [-0.2, 0) is 6.54 Å². The van der Waals surface area contributed by atoms with Crippen LogP contribution < -0.4 is 10.1 Å². The Labute approximate surface area is 210 Å². The largest absolute Gasteiger partial charge is 0.492 e. The van der Waals surface area contributed by atoms with Crippen LogP contribution in [0.5, 0.6) is 5.75 Å². The molecule has 5 rings (SSSR count). The zero-order chi connectivity index (χ0) is 24.4. The summed E-state index contributed by atoms with van der Waals surface area (Å²) in [5.74, 6) is 0.696. The minimum absolute atomic E-state index is 0.0858. The number of piperazine rings is 1. The lowest BCUT2D eigenvalue weighted by atomic mass is 10.1. The van der Waals surface area contributed by atoms with Crippen molar-refractivity contribution in [3.8, 4) is 17.0 Å². The monoisotopic (exact) mass is 489 g/mol. The number of carbonyl (C=O) groups is 1. The van der Waals surface area contributed by atoms with Gasteiger partial charge in [-0.3, -0.25) is 9.30 Å². The minimum Gasteiger partial charge on any atom is -0.492 e. The van der Waals surface area contributed by atoms with Crippen molar-refractivity contribution >= 4 is 28.0 Å². The summed E-state index contributed by atoms with van der Waals surface area (Å²) in [6.45, 7) is 10.5. The van der Waals surface area contributed by atoms with Gasteiger partial charge in [0.15, 0.2) is 4.96 Å². The number of nitrogens with zero attached hydrogens (tertiary/aromatic N) is 4. The number of hydrogen-bond donors (Lipinski definition) is 1. The Kier molecular flexibility index (Phi) is 6.74. The molecule has 1 aliphatic rings. The first-order chi connectivity index (χ1) is 17.0. The fraction of sp³-hybridized carbons (Fsp3) is 0.333. The number of carbonyl (C=O) groups excluding carboxylic acids is 1. The van der Waals surface area contributed by atoms with Crippen LogP contribution in [0.4, 0.5) is 10.5 Å². The Hall–Kier alpha value is -3.36. The summed E-state index contributed by atoms with van der Waals surface area (Å²) in [6, 6.07) is 16.1. The molecule has 1 fully saturated rings. The van der Waals surface area contributed by atoms with Gasteiger partial charge in [-0.25, -0.2) is 9.78 Å². The molecule has 3 heterocycles. The number of thiazole rings is 1. The van der Waals surface area contributed by atoms with Gasteiger partial charge < -0.3 is 15.0 Å². The molecule has 8 heteroatoms. The molecule has 0 aliphatic carbocycles. The number of aromatic nitrogens is 2. The van der Waals surface area contributed by atoms with Gasteiger partial charge in [0.25, 0.3) is 0 Å². The van der Waals surface area contributed by atoms with Crippen molar-refractivity contribution < 1.29 is 9.53 Å². The van der Waals surface area contributed by atoms with E-state index in [0.717, 1.165) is 35.9 Å². The van der Waals surface area contributed by atoms with Crippen molar-refractivity contribution in [1.29, 1.82) is 0 Å². The SMILES string of the molecule is CCOc1ccccc1NC(=O)N1CCN(Cc2c(-c3ccc(C)cc3)nc3sc(C)cn23)CC1. The van der Waals surface area contributed by atoms with Gasteiger partial charge in [-0.2, -0.15) is 0 Å². The maximum atomic E-state index is 12.9. The molecule has 35 heavy (non-hydrogen) atoms. The van der Waals surface area contributed by atoms with E-state index in [2.05, 4.69) is 58.9 Å². The van der Waals surface area contributed by atoms with Gasteiger partial charge in [0, 0.05) is 49.4 Å². The van der Waals surface area contributed by atoms with Crippen LogP contribution in [0.15, 0.2) is 54.7 Å². The van der Waals surface area contributed by atoms with Crippen molar-refractivity contribution in [2.24, 2.45) is 0 Å². The number of ether oxygens (including phenoxy) is 1. The van der Waals surface area contributed by atoms with E-state index in [4.69, 9.17) is 9.72 Å². The standard InChI is InChI=1S/C27H31N5O2S/c1-4-34-24-8-6-5-7-22(24)28-26(33)31-15-13-30(14-16-31)18-23-25(21-11-9-19(2)10-12-21)29-27-32(23)17-20(3)35-27/h5-12,17H,4,13-16,18H2,1-3H3,(H,28,33). The average molecular weight is 490 g/mol. The van der Waals surface area contributed by atoms with E-state index in [9.17, 15) is 4.79 Å². The Morgan fingerprint density at radius 3 is 2.54 bits per heavy atom. The average Bonchev–Trinajstić information content (AvgIpc) is 3.38. The second kappa shape index (κ2) is 10.1. The van der Waals surface area contributed by atoms with Crippen molar-refractivity contribution in [2.45, 2.75) is 27.3 Å². The zero-order valence-electron chi connectivity index (χ0n) is 20.5. The maximum absolute atomic E-state index is 12.9. The molecule has 0 saturated carbocycles. The lowest BCUT2D eigenvalue weighted by Crippen LogP contribution is -2.49. The van der Waals surface area contributed by atoms with Crippen LogP contribution in [0.3, 0.4) is 0 Å². The third kappa shape index (κ3) is 5.04. The van der Waals surface area contributed by atoms with Crippen LogP contribution in [0, 0.1) is 13.8 Å². The Morgan fingerprint density at radius 2 is 1.80 bits per heavy atom. The molecule has 0 spiro atoms. The first kappa shape index (κ1) is 23.4. The van der Waals surface area contributed by atoms with Crippen molar-refractivity contribution in [1.82, 2.24) is 19.2 Å². The lowest BCUT2D eigenvalue weighted by molar-refractivity contribution is 0.142. The first-order valence-electron chi connectivity index (χ1n) is 12.1. The number of urea groups is 1. The van der Waals surface area contributed by atoms with Crippen LogP contribution in [0.2, 0.25) is 0 Å². The van der Waals surface area contributed by atoms with Gasteiger partial charge in [-0.15, -0.1) is 11.3 Å². The van der Waals surface area contributed by atoms with E-state index in [0.29, 0.717) is 31.1 Å². The maximum Gasteiger partial charge on any atom is 0.322 e. The van der Waals surface area contributed by atoms with Gasteiger partial charge in [-0.05, 0) is 32.9 Å². The number of rotatable bonds is 6. The lowest BCUT2D eigenvalue weighted by Gasteiger charge is -2.34. The number of benzene rings is 2. The summed E-state index contributed by atoms with van der Waals surface area (Å²) < 4.78 is 7.88. The second-order valence-corrected chi connectivity index (χ2v) is 10.1. The highest BCUT2D eigenvalue weighted by Gasteiger charge is 2.24. The number of fused-ring (bicyclic) bond motifs is 1. The fourth-order valence-electron chi connectivity index (χ4n) is 4.46. The Morgan fingerprint density at radius 1 is 1.06 bits per heavy atom. The quantitative estimate of drug-likeness (QED) is 0.392. The van der Waals surface area contributed by atoms with Gasteiger partial charge in [0.1, 0.15) is 5.75 Å². The smallest absolute Gasteiger partial charge is 0.322 e. The molecule has 1 aliphatic heterocycles. The molecule has 4 aromatic rings. The molecular weight excluding hydrogens is 458 g/mol. The van der Waals surface area contributed by atoms with Gasteiger partial charge >= 0.3 is 6.03 Å². The van der Waals surface area contributed by atoms with E-state index in [1.165, 1.54) is 16.1 Å². The van der Waals surface area contributed by atoms with Crippen LogP contribution >= 0.6 is 11.3 Å². The fourth-order valence-corrected chi connectivity index (χ4v) is 5.31. The summed E-state index contributed by atoms with van der Waals surface area (Å²) in [6.07, 6.45) is 2.18. The summed E-state index contributed by atoms with van der Waals surface area (Å²) in [5.41, 5.74) is 5.34. The molecule has 0 unspecified atom stereocenters. The molecule has 1 saturated heterocycles. The topological polar surface area (TPSA) is 62.1 Å². The highest BCUT2D eigenvalue weighted by Crippen LogP contribution is 2.30. The van der Waals surface area contributed by atoms with E-state index in [1.807, 2.05) is 36.1 Å². The molecule has 2 aromatic heterocycles. The third-order valence-electron chi connectivity index (χ3n) is 6.33. The molecular formula is C27H31N5O2S. The second-order valence-electron chi connectivity index (χ2n) is 8.89. The van der Waals surface area contributed by atoms with Crippen molar-refractivity contribution in [3.05, 3.63) is 70.9 Å². The third-order valence-corrected chi connectivity index (χ3v) is 7.23. The predicted molar refractivity (Wildman–Crippen MR) is 141 cm³/mol. The Balaban J connectivity index is 1.28. The highest BCUT2D eigenvalue weighted by molar-refractivity contribution is 7.17. The normalized spacial score (nSPS) is 14.4. The van der Waals surface area contributed by atoms with Crippen LogP contribution in [0.25, 0.3) is 16.2 Å². The number of amides is 2. The predicted octanol–water partition coefficient (Wildman–Crippen LogP) is 5.43. The number of hydrogen-bond acceptors (Lipinski definition) is 5. The summed E-state index contributed by atoms with van der Waals surface area (Å²) in [5, 5.41) is 3.02. The van der Waals surface area contributed by atoms with Crippen molar-refractivity contribution in [2.75, 3.05) is 38.1 Å². The summed E-state index contributed by atoms with van der Waals surface area (Å²) in [7, 11) is 0. The number of anilines is 1. The molecule has 1 N–H and O–H groups in total. The van der Waals surface area contributed by atoms with E-state index in [1.54, 1.807) is 11.3 Å². The van der Waals surface area contributed by atoms with Crippen molar-refractivity contribution in [3.63, 3.8) is 0 Å². The molecule has 2 amide bonds. The first-order valence-corrected chi connectivity index (χ1v) is 12.9. The van der Waals surface area contributed by atoms with Gasteiger partial charge in [0.2, 0.25) is 0 Å². The minimum atomic E-state index is -0.0858. The molecule has 2 aromatic carbocycles. The molecule has 0 radical (unpaired) electrons. The number of para-hydroxylation sites is 2. The molecule has 182 valence electrons. The molecule has 7 nitrogen and oxygen atoms in total. The highest BCUT2D eigenvalue weighted by atomic mass is 32.1. The number of aryl methyl sites for hydroxylation is 2. The number of imidazole rings is 1. The summed E-state index contributed by atoms with van der Waals surface area (Å²) in [4.78, 5) is 24.5. The van der Waals surface area contributed by atoms with E-state index < -0.39 is 0 Å². The molecule has 0 bridgehead atoms. The van der Waals surface area contributed by atoms with Gasteiger partial charge in [-0.1, -0.05) is 42.0 Å². The van der Waals surface area contributed by atoms with E-state index in [-0.39, 0.29) is 6.03 Å². The summed E-state index contributed by atoms with van der Waals surface area (Å²) >= 11 is 1.72. The van der Waals surface area contributed by atoms with Crippen LogP contribution in [0.1, 0.15) is 23.1 Å².